The van der Waals surface area contributed by atoms with Crippen molar-refractivity contribution < 1.29 is 24.1 Å². The highest BCUT2D eigenvalue weighted by molar-refractivity contribution is 5.89. The molecule has 6 aromatic carbocycles. The topological polar surface area (TPSA) is 92.3 Å². The molecule has 1 aliphatic rings. The molecule has 1 aliphatic heterocycles. The average molecular weight is 720 g/mol. The van der Waals surface area contributed by atoms with E-state index in [0.717, 1.165) is 52.2 Å². The number of aliphatic hydroxyl groups is 1. The quantitative estimate of drug-likeness (QED) is 0.110. The third-order valence-electron chi connectivity index (χ3n) is 9.47. The molecule has 3 N–H and O–H groups in total. The van der Waals surface area contributed by atoms with Crippen molar-refractivity contribution in [3.8, 4) is 22.6 Å². The Morgan fingerprint density at radius 3 is 2.09 bits per heavy atom. The fourth-order valence-electron chi connectivity index (χ4n) is 6.70. The SMILES string of the molecule is CN(Cc1ccccc1)C[C@H]1C[C@@H](c2ccc(CO)cc2)O[C@@H](c2ccc(-c3ccccc3CNC(=O)Nc3ccc(Oc4ccccc4)cc3)cc2)O1. The van der Waals surface area contributed by atoms with Gasteiger partial charge in [-0.1, -0.05) is 121 Å². The summed E-state index contributed by atoms with van der Waals surface area (Å²) >= 11 is 0. The molecule has 0 bridgehead atoms. The lowest BCUT2D eigenvalue weighted by Crippen LogP contribution is -2.37. The second-order valence-electron chi connectivity index (χ2n) is 13.6. The number of carbonyl (C=O) groups excluding carboxylic acids is 1. The summed E-state index contributed by atoms with van der Waals surface area (Å²) < 4.78 is 19.1. The minimum Gasteiger partial charge on any atom is -0.457 e. The van der Waals surface area contributed by atoms with Crippen LogP contribution in [-0.2, 0) is 29.2 Å². The zero-order valence-corrected chi connectivity index (χ0v) is 30.3. The lowest BCUT2D eigenvalue weighted by molar-refractivity contribution is -0.252. The van der Waals surface area contributed by atoms with Crippen LogP contribution in [-0.4, -0.2) is 35.7 Å². The van der Waals surface area contributed by atoms with Crippen molar-refractivity contribution in [1.29, 1.82) is 0 Å². The number of ether oxygens (including phenoxy) is 3. The number of rotatable bonds is 13. The first-order valence-electron chi connectivity index (χ1n) is 18.3. The minimum atomic E-state index is -0.551. The number of aliphatic hydroxyl groups excluding tert-OH is 1. The summed E-state index contributed by atoms with van der Waals surface area (Å²) in [4.78, 5) is 15.2. The van der Waals surface area contributed by atoms with Crippen molar-refractivity contribution in [3.63, 3.8) is 0 Å². The molecule has 1 heterocycles. The van der Waals surface area contributed by atoms with E-state index < -0.39 is 6.29 Å². The van der Waals surface area contributed by atoms with Gasteiger partial charge >= 0.3 is 6.03 Å². The molecule has 0 radical (unpaired) electrons. The molecule has 6 aromatic rings. The van der Waals surface area contributed by atoms with Crippen molar-refractivity contribution in [1.82, 2.24) is 10.2 Å². The van der Waals surface area contributed by atoms with E-state index in [2.05, 4.69) is 77.2 Å². The van der Waals surface area contributed by atoms with Gasteiger partial charge < -0.3 is 30.0 Å². The zero-order chi connectivity index (χ0) is 37.1. The number of nitrogens with zero attached hydrogens (tertiary/aromatic N) is 1. The Morgan fingerprint density at radius 1 is 0.722 bits per heavy atom. The van der Waals surface area contributed by atoms with Crippen LogP contribution < -0.4 is 15.4 Å². The summed E-state index contributed by atoms with van der Waals surface area (Å²) in [6, 6.07) is 51.3. The fraction of sp³-hybridized carbons (Fsp3) is 0.196. The Morgan fingerprint density at radius 2 is 1.37 bits per heavy atom. The molecule has 3 atom stereocenters. The first-order valence-corrected chi connectivity index (χ1v) is 18.3. The number of nitrogens with one attached hydrogen (secondary N) is 2. The molecule has 8 nitrogen and oxygen atoms in total. The van der Waals surface area contributed by atoms with Gasteiger partial charge in [0.1, 0.15) is 11.5 Å². The summed E-state index contributed by atoms with van der Waals surface area (Å²) in [5.74, 6) is 1.44. The molecule has 0 unspecified atom stereocenters. The number of amides is 2. The molecule has 0 aliphatic carbocycles. The van der Waals surface area contributed by atoms with Gasteiger partial charge in [0, 0.05) is 37.3 Å². The lowest BCUT2D eigenvalue weighted by atomic mass is 9.97. The molecular formula is C46H45N3O5. The van der Waals surface area contributed by atoms with Crippen LogP contribution in [0.1, 0.15) is 46.6 Å². The Balaban J connectivity index is 1.000. The minimum absolute atomic E-state index is 0.00364. The Kier molecular flexibility index (Phi) is 12.1. The third-order valence-corrected chi connectivity index (χ3v) is 9.47. The zero-order valence-electron chi connectivity index (χ0n) is 30.3. The molecule has 0 saturated carbocycles. The molecule has 0 aromatic heterocycles. The van der Waals surface area contributed by atoms with Crippen LogP contribution in [0, 0.1) is 0 Å². The normalized spacial score (nSPS) is 16.8. The smallest absolute Gasteiger partial charge is 0.319 e. The van der Waals surface area contributed by atoms with E-state index >= 15 is 0 Å². The van der Waals surface area contributed by atoms with E-state index in [4.69, 9.17) is 14.2 Å². The summed E-state index contributed by atoms with van der Waals surface area (Å²) in [6.07, 6.45) is -0.0540. The monoisotopic (exact) mass is 719 g/mol. The fourth-order valence-corrected chi connectivity index (χ4v) is 6.70. The number of hydrogen-bond donors (Lipinski definition) is 3. The van der Waals surface area contributed by atoms with E-state index in [0.29, 0.717) is 24.4 Å². The summed E-state index contributed by atoms with van der Waals surface area (Å²) in [5, 5.41) is 15.5. The summed E-state index contributed by atoms with van der Waals surface area (Å²) in [6.45, 7) is 1.93. The van der Waals surface area contributed by atoms with Crippen LogP contribution in [0.3, 0.4) is 0 Å². The van der Waals surface area contributed by atoms with Crippen LogP contribution in [0.2, 0.25) is 0 Å². The van der Waals surface area contributed by atoms with Gasteiger partial charge in [0.15, 0.2) is 6.29 Å². The first kappa shape index (κ1) is 36.6. The molecule has 274 valence electrons. The molecule has 54 heavy (non-hydrogen) atoms. The van der Waals surface area contributed by atoms with E-state index in [-0.39, 0.29) is 24.8 Å². The van der Waals surface area contributed by atoms with Crippen molar-refractivity contribution in [2.24, 2.45) is 0 Å². The highest BCUT2D eigenvalue weighted by atomic mass is 16.7. The van der Waals surface area contributed by atoms with Gasteiger partial charge in [0.25, 0.3) is 0 Å². The molecule has 7 rings (SSSR count). The van der Waals surface area contributed by atoms with Crippen LogP contribution >= 0.6 is 0 Å². The number of carbonyl (C=O) groups is 1. The van der Waals surface area contributed by atoms with Crippen molar-refractivity contribution >= 4 is 11.7 Å². The lowest BCUT2D eigenvalue weighted by Gasteiger charge is -2.38. The second kappa shape index (κ2) is 17.8. The highest BCUT2D eigenvalue weighted by Crippen LogP contribution is 2.39. The molecular weight excluding hydrogens is 675 g/mol. The largest absolute Gasteiger partial charge is 0.457 e. The number of hydrogen-bond acceptors (Lipinski definition) is 6. The molecule has 1 fully saturated rings. The van der Waals surface area contributed by atoms with Crippen molar-refractivity contribution in [3.05, 3.63) is 186 Å². The van der Waals surface area contributed by atoms with Crippen molar-refractivity contribution in [2.45, 2.75) is 44.6 Å². The van der Waals surface area contributed by atoms with E-state index in [9.17, 15) is 9.90 Å². The number of likely N-dealkylation sites (N-methyl/N-ethyl adjacent to an activating group) is 1. The van der Waals surface area contributed by atoms with Crippen LogP contribution in [0.5, 0.6) is 11.5 Å². The molecule has 1 saturated heterocycles. The molecule has 8 heteroatoms. The van der Waals surface area contributed by atoms with Gasteiger partial charge in [-0.05, 0) is 76.8 Å². The van der Waals surface area contributed by atoms with Crippen LogP contribution in [0.4, 0.5) is 10.5 Å². The van der Waals surface area contributed by atoms with Crippen LogP contribution in [0.25, 0.3) is 11.1 Å². The van der Waals surface area contributed by atoms with Crippen LogP contribution in [0.15, 0.2) is 158 Å². The molecule has 2 amide bonds. The second-order valence-corrected chi connectivity index (χ2v) is 13.6. The van der Waals surface area contributed by atoms with Gasteiger partial charge in [-0.3, -0.25) is 4.90 Å². The Hall–Kier alpha value is -5.77. The Bertz CT molecular complexity index is 2070. The van der Waals surface area contributed by atoms with Gasteiger partial charge in [-0.25, -0.2) is 4.79 Å². The van der Waals surface area contributed by atoms with E-state index in [1.54, 1.807) is 0 Å². The first-order chi connectivity index (χ1) is 26.5. The highest BCUT2D eigenvalue weighted by Gasteiger charge is 2.33. The Labute approximate surface area is 317 Å². The molecule has 0 spiro atoms. The van der Waals surface area contributed by atoms with E-state index in [1.807, 2.05) is 103 Å². The number of para-hydroxylation sites is 1. The van der Waals surface area contributed by atoms with Gasteiger partial charge in [-0.2, -0.15) is 0 Å². The number of urea groups is 1. The maximum Gasteiger partial charge on any atom is 0.319 e. The standard InChI is InChI=1S/C46H45N3O5/c1-49(30-33-10-4-2-5-11-33)31-42-28-44(36-18-16-34(32-50)17-19-36)54-45(53-42)37-22-20-35(21-23-37)43-15-9-8-12-38(43)29-47-46(51)48-39-24-26-41(27-25-39)52-40-13-6-3-7-14-40/h2-27,42,44-45,50H,28-32H2,1H3,(H2,47,48,51)/t42-,44+,45+/m1/s1. The van der Waals surface area contributed by atoms with E-state index in [1.165, 1.54) is 5.56 Å². The predicted octanol–water partition coefficient (Wildman–Crippen LogP) is 9.64. The van der Waals surface area contributed by atoms with Crippen molar-refractivity contribution in [2.75, 3.05) is 18.9 Å². The maximum absolute atomic E-state index is 12.9. The average Bonchev–Trinajstić information content (AvgIpc) is 3.21. The predicted molar refractivity (Wildman–Crippen MR) is 212 cm³/mol. The summed E-state index contributed by atoms with van der Waals surface area (Å²) in [5.41, 5.74) is 7.83. The number of benzene rings is 6. The number of anilines is 1. The van der Waals surface area contributed by atoms with Gasteiger partial charge in [0.2, 0.25) is 0 Å². The van der Waals surface area contributed by atoms with Gasteiger partial charge in [-0.15, -0.1) is 0 Å². The summed E-state index contributed by atoms with van der Waals surface area (Å²) in [7, 11) is 2.12. The third kappa shape index (κ3) is 9.80. The maximum atomic E-state index is 12.9. The van der Waals surface area contributed by atoms with Gasteiger partial charge in [0.05, 0.1) is 18.8 Å².